The van der Waals surface area contributed by atoms with Crippen molar-refractivity contribution in [2.75, 3.05) is 0 Å². The van der Waals surface area contributed by atoms with Crippen LogP contribution in [-0.4, -0.2) is 17.5 Å². The molecule has 3 nitrogen and oxygen atoms in total. The maximum atomic E-state index is 9.53. The van der Waals surface area contributed by atoms with Crippen LogP contribution >= 0.6 is 23.2 Å². The van der Waals surface area contributed by atoms with Gasteiger partial charge in [-0.1, -0.05) is 41.4 Å². The van der Waals surface area contributed by atoms with Crippen molar-refractivity contribution < 1.29 is 5.11 Å². The van der Waals surface area contributed by atoms with Gasteiger partial charge in [-0.3, -0.25) is 0 Å². The molecule has 2 aromatic rings. The molecule has 0 atom stereocenters. The largest absolute Gasteiger partial charge is 0.507 e. The first kappa shape index (κ1) is 13.6. The highest BCUT2D eigenvalue weighted by Gasteiger charge is 2.01. The average molecular weight is 293 g/mol. The molecule has 2 rings (SSSR count). The lowest BCUT2D eigenvalue weighted by Crippen LogP contribution is -1.85. The van der Waals surface area contributed by atoms with Gasteiger partial charge < -0.3 is 5.11 Å². The molecule has 0 saturated heterocycles. The number of para-hydroxylation sites is 1. The molecule has 0 heterocycles. The van der Waals surface area contributed by atoms with E-state index in [2.05, 4.69) is 10.2 Å². The van der Waals surface area contributed by atoms with Gasteiger partial charge in [0.1, 0.15) is 5.75 Å². The predicted octanol–water partition coefficient (Wildman–Crippen LogP) is 4.15. The van der Waals surface area contributed by atoms with Crippen molar-refractivity contribution in [2.45, 2.75) is 0 Å². The summed E-state index contributed by atoms with van der Waals surface area (Å²) in [7, 11) is 0. The number of phenols is 1. The summed E-state index contributed by atoms with van der Waals surface area (Å²) in [6.45, 7) is 0. The zero-order valence-corrected chi connectivity index (χ0v) is 11.3. The Kier molecular flexibility index (Phi) is 4.55. The van der Waals surface area contributed by atoms with E-state index >= 15 is 0 Å². The van der Waals surface area contributed by atoms with Gasteiger partial charge >= 0.3 is 0 Å². The molecule has 0 amide bonds. The van der Waals surface area contributed by atoms with E-state index in [1.165, 1.54) is 12.4 Å². The molecule has 0 fully saturated rings. The van der Waals surface area contributed by atoms with E-state index in [9.17, 15) is 5.11 Å². The highest BCUT2D eigenvalue weighted by molar-refractivity contribution is 6.38. The lowest BCUT2D eigenvalue weighted by molar-refractivity contribution is 0.474. The maximum Gasteiger partial charge on any atom is 0.124 e. The molecule has 0 spiro atoms. The van der Waals surface area contributed by atoms with Crippen LogP contribution in [0.3, 0.4) is 0 Å². The van der Waals surface area contributed by atoms with Crippen LogP contribution in [0.5, 0.6) is 5.75 Å². The molecule has 0 aliphatic rings. The van der Waals surface area contributed by atoms with Crippen molar-refractivity contribution in [1.82, 2.24) is 0 Å². The number of rotatable bonds is 3. The van der Waals surface area contributed by atoms with Gasteiger partial charge in [-0.15, -0.1) is 0 Å². The highest BCUT2D eigenvalue weighted by atomic mass is 35.5. The standard InChI is InChI=1S/C14H10Cl2N2O/c15-12-5-3-6-13(16)11(12)9-18-17-8-10-4-1-2-7-14(10)19/h1-9,19H/b17-8+,18-9+. The molecular formula is C14H10Cl2N2O. The first-order chi connectivity index (χ1) is 9.18. The molecule has 5 heteroatoms. The van der Waals surface area contributed by atoms with Gasteiger partial charge in [0.25, 0.3) is 0 Å². The van der Waals surface area contributed by atoms with Crippen LogP contribution in [-0.2, 0) is 0 Å². The van der Waals surface area contributed by atoms with E-state index in [1.807, 2.05) is 0 Å². The Labute approximate surface area is 120 Å². The Hall–Kier alpha value is -1.84. The van der Waals surface area contributed by atoms with Crippen molar-refractivity contribution in [2.24, 2.45) is 10.2 Å². The molecule has 0 unspecified atom stereocenters. The Morgan fingerprint density at radius 1 is 0.842 bits per heavy atom. The second kappa shape index (κ2) is 6.36. The van der Waals surface area contributed by atoms with Crippen LogP contribution < -0.4 is 0 Å². The molecule has 19 heavy (non-hydrogen) atoms. The SMILES string of the molecule is Oc1ccccc1/C=N/N=C/c1c(Cl)cccc1Cl. The molecule has 1 N–H and O–H groups in total. The third-order valence-corrected chi connectivity index (χ3v) is 3.05. The zero-order valence-electron chi connectivity index (χ0n) is 9.79. The lowest BCUT2D eigenvalue weighted by atomic mass is 10.2. The van der Waals surface area contributed by atoms with Crippen LogP contribution in [0.2, 0.25) is 10.0 Å². The third-order valence-electron chi connectivity index (χ3n) is 2.39. The highest BCUT2D eigenvalue weighted by Crippen LogP contribution is 2.22. The van der Waals surface area contributed by atoms with E-state index in [-0.39, 0.29) is 5.75 Å². The number of aromatic hydroxyl groups is 1. The van der Waals surface area contributed by atoms with Gasteiger partial charge in [0.05, 0.1) is 22.5 Å². The zero-order chi connectivity index (χ0) is 13.7. The van der Waals surface area contributed by atoms with Crippen LogP contribution in [0.15, 0.2) is 52.7 Å². The van der Waals surface area contributed by atoms with Crippen molar-refractivity contribution in [3.8, 4) is 5.75 Å². The molecule has 0 aromatic heterocycles. The van der Waals surface area contributed by atoms with E-state index in [1.54, 1.807) is 42.5 Å². The van der Waals surface area contributed by atoms with Gasteiger partial charge in [-0.2, -0.15) is 10.2 Å². The van der Waals surface area contributed by atoms with Gasteiger partial charge in [0, 0.05) is 11.1 Å². The molecule has 2 aromatic carbocycles. The molecular weight excluding hydrogens is 283 g/mol. The average Bonchev–Trinajstić information content (AvgIpc) is 2.39. The Bertz CT molecular complexity index is 619. The topological polar surface area (TPSA) is 45.0 Å². The van der Waals surface area contributed by atoms with E-state index in [0.29, 0.717) is 21.2 Å². The Balaban J connectivity index is 2.15. The van der Waals surface area contributed by atoms with Gasteiger partial charge in [0.15, 0.2) is 0 Å². The fourth-order valence-corrected chi connectivity index (χ4v) is 1.91. The smallest absolute Gasteiger partial charge is 0.124 e. The molecule has 0 aliphatic heterocycles. The number of phenolic OH excluding ortho intramolecular Hbond substituents is 1. The van der Waals surface area contributed by atoms with E-state index < -0.39 is 0 Å². The Morgan fingerprint density at radius 2 is 1.47 bits per heavy atom. The fraction of sp³-hybridized carbons (Fsp3) is 0. The summed E-state index contributed by atoms with van der Waals surface area (Å²) >= 11 is 12.0. The summed E-state index contributed by atoms with van der Waals surface area (Å²) in [5, 5.41) is 18.3. The van der Waals surface area contributed by atoms with Crippen molar-refractivity contribution >= 4 is 35.6 Å². The molecule has 0 bridgehead atoms. The third kappa shape index (κ3) is 3.56. The summed E-state index contributed by atoms with van der Waals surface area (Å²) in [6.07, 6.45) is 2.93. The quantitative estimate of drug-likeness (QED) is 0.670. The first-order valence-corrected chi connectivity index (χ1v) is 6.22. The molecule has 0 radical (unpaired) electrons. The molecule has 0 saturated carbocycles. The van der Waals surface area contributed by atoms with Gasteiger partial charge in [-0.25, -0.2) is 0 Å². The number of benzene rings is 2. The second-order valence-electron chi connectivity index (χ2n) is 3.68. The summed E-state index contributed by atoms with van der Waals surface area (Å²) < 4.78 is 0. The van der Waals surface area contributed by atoms with Crippen molar-refractivity contribution in [3.05, 3.63) is 63.6 Å². The summed E-state index contributed by atoms with van der Waals surface area (Å²) in [4.78, 5) is 0. The van der Waals surface area contributed by atoms with Gasteiger partial charge in [-0.05, 0) is 24.3 Å². The maximum absolute atomic E-state index is 9.53. The van der Waals surface area contributed by atoms with E-state index in [4.69, 9.17) is 23.2 Å². The van der Waals surface area contributed by atoms with Crippen molar-refractivity contribution in [1.29, 1.82) is 0 Å². The lowest BCUT2D eigenvalue weighted by Gasteiger charge is -1.98. The monoisotopic (exact) mass is 292 g/mol. The number of nitrogens with zero attached hydrogens (tertiary/aromatic N) is 2. The van der Waals surface area contributed by atoms with Crippen LogP contribution in [0.4, 0.5) is 0 Å². The second-order valence-corrected chi connectivity index (χ2v) is 4.50. The molecule has 0 aliphatic carbocycles. The number of hydrogen-bond acceptors (Lipinski definition) is 3. The Morgan fingerprint density at radius 3 is 2.16 bits per heavy atom. The summed E-state index contributed by atoms with van der Waals surface area (Å²) in [6, 6.07) is 12.1. The molecule has 96 valence electrons. The normalized spacial score (nSPS) is 11.5. The van der Waals surface area contributed by atoms with Crippen LogP contribution in [0, 0.1) is 0 Å². The summed E-state index contributed by atoms with van der Waals surface area (Å²) in [5.41, 5.74) is 1.20. The number of halogens is 2. The first-order valence-electron chi connectivity index (χ1n) is 5.47. The number of hydrogen-bond donors (Lipinski definition) is 1. The van der Waals surface area contributed by atoms with Crippen LogP contribution in [0.1, 0.15) is 11.1 Å². The van der Waals surface area contributed by atoms with Crippen LogP contribution in [0.25, 0.3) is 0 Å². The predicted molar refractivity (Wildman–Crippen MR) is 79.8 cm³/mol. The minimum absolute atomic E-state index is 0.150. The minimum Gasteiger partial charge on any atom is -0.507 e. The minimum atomic E-state index is 0.150. The van der Waals surface area contributed by atoms with E-state index in [0.717, 1.165) is 0 Å². The van der Waals surface area contributed by atoms with Crippen molar-refractivity contribution in [3.63, 3.8) is 0 Å². The van der Waals surface area contributed by atoms with Gasteiger partial charge in [0.2, 0.25) is 0 Å². The fourth-order valence-electron chi connectivity index (χ4n) is 1.42. The summed E-state index contributed by atoms with van der Waals surface area (Å²) in [5.74, 6) is 0.150.